The Balaban J connectivity index is 1.72. The monoisotopic (exact) mass is 477 g/mol. The van der Waals surface area contributed by atoms with Gasteiger partial charge in [-0.05, 0) is 46.9 Å². The molecule has 1 aromatic heterocycles. The summed E-state index contributed by atoms with van der Waals surface area (Å²) >= 11 is 12.6. The van der Waals surface area contributed by atoms with Crippen molar-refractivity contribution in [1.29, 1.82) is 0 Å². The highest BCUT2D eigenvalue weighted by atomic mass is 35.5. The van der Waals surface area contributed by atoms with Crippen molar-refractivity contribution >= 4 is 40.1 Å². The quantitative estimate of drug-likeness (QED) is 0.318. The van der Waals surface area contributed by atoms with Crippen LogP contribution >= 0.6 is 23.2 Å². The van der Waals surface area contributed by atoms with E-state index in [0.29, 0.717) is 32.5 Å². The van der Waals surface area contributed by atoms with Crippen molar-refractivity contribution in [3.8, 4) is 0 Å². The van der Waals surface area contributed by atoms with Gasteiger partial charge in [0.2, 0.25) is 5.76 Å². The van der Waals surface area contributed by atoms with Gasteiger partial charge in [-0.2, -0.15) is 0 Å². The van der Waals surface area contributed by atoms with E-state index in [1.165, 1.54) is 5.56 Å². The predicted molar refractivity (Wildman–Crippen MR) is 131 cm³/mol. The lowest BCUT2D eigenvalue weighted by Gasteiger charge is -2.26. The lowest BCUT2D eigenvalue weighted by atomic mass is 9.95. The van der Waals surface area contributed by atoms with E-state index in [4.69, 9.17) is 27.6 Å². The second kappa shape index (κ2) is 8.36. The summed E-state index contributed by atoms with van der Waals surface area (Å²) in [6.07, 6.45) is 0. The van der Waals surface area contributed by atoms with Crippen LogP contribution in [0.15, 0.2) is 75.9 Å². The normalized spacial score (nSPS) is 15.5. The molecule has 1 amide bonds. The summed E-state index contributed by atoms with van der Waals surface area (Å²) < 4.78 is 5.98. The summed E-state index contributed by atoms with van der Waals surface area (Å²) in [4.78, 5) is 28.8. The van der Waals surface area contributed by atoms with E-state index in [-0.39, 0.29) is 23.6 Å². The van der Waals surface area contributed by atoms with Gasteiger partial charge < -0.3 is 9.32 Å². The zero-order chi connectivity index (χ0) is 23.3. The smallest absolute Gasteiger partial charge is 0.291 e. The van der Waals surface area contributed by atoms with Gasteiger partial charge in [-0.3, -0.25) is 9.59 Å². The van der Waals surface area contributed by atoms with Gasteiger partial charge in [0.1, 0.15) is 5.58 Å². The summed E-state index contributed by atoms with van der Waals surface area (Å²) in [5.74, 6) is 0.101. The maximum atomic E-state index is 13.6. The summed E-state index contributed by atoms with van der Waals surface area (Å²) in [5.41, 5.74) is 3.24. The standard InChI is InChI=1S/C27H21Cl2NO3/c1-15(2)16-7-9-17(10-8-16)24-23-25(31)20-13-19(28)11-12-22(20)33-26(23)27(32)30(24)14-18-5-3-4-6-21(18)29/h3-13,15,24H,14H2,1-2H3. The Kier molecular flexibility index (Phi) is 5.51. The minimum atomic E-state index is -0.593. The Morgan fingerprint density at radius 3 is 2.39 bits per heavy atom. The number of rotatable bonds is 4. The van der Waals surface area contributed by atoms with Gasteiger partial charge in [0.25, 0.3) is 5.91 Å². The van der Waals surface area contributed by atoms with E-state index in [0.717, 1.165) is 11.1 Å². The highest BCUT2D eigenvalue weighted by molar-refractivity contribution is 6.31. The fourth-order valence-corrected chi connectivity index (χ4v) is 4.74. The Labute approximate surface area is 201 Å². The minimum Gasteiger partial charge on any atom is -0.450 e. The number of benzene rings is 3. The van der Waals surface area contributed by atoms with E-state index >= 15 is 0 Å². The van der Waals surface area contributed by atoms with Crippen molar-refractivity contribution in [1.82, 2.24) is 4.90 Å². The van der Waals surface area contributed by atoms with E-state index < -0.39 is 6.04 Å². The molecule has 4 nitrogen and oxygen atoms in total. The first kappa shape index (κ1) is 21.7. The number of amides is 1. The SMILES string of the molecule is CC(C)c1ccc(C2c3c(oc4ccc(Cl)cc4c3=O)C(=O)N2Cc2ccccc2Cl)cc1. The molecule has 2 heterocycles. The van der Waals surface area contributed by atoms with E-state index in [2.05, 4.69) is 13.8 Å². The first-order valence-electron chi connectivity index (χ1n) is 10.8. The third-order valence-corrected chi connectivity index (χ3v) is 6.75. The Hall–Kier alpha value is -3.08. The van der Waals surface area contributed by atoms with Gasteiger partial charge in [0.05, 0.1) is 17.0 Å². The molecule has 1 aliphatic heterocycles. The molecule has 0 aliphatic carbocycles. The Bertz CT molecular complexity index is 1440. The van der Waals surface area contributed by atoms with Crippen molar-refractivity contribution in [3.05, 3.63) is 115 Å². The van der Waals surface area contributed by atoms with Gasteiger partial charge in [0, 0.05) is 16.6 Å². The van der Waals surface area contributed by atoms with E-state index in [1.807, 2.05) is 42.5 Å². The number of fused-ring (bicyclic) bond motifs is 2. The number of halogens is 2. The van der Waals surface area contributed by atoms with Crippen LogP contribution in [-0.4, -0.2) is 10.8 Å². The molecule has 0 saturated heterocycles. The van der Waals surface area contributed by atoms with Gasteiger partial charge in [-0.25, -0.2) is 0 Å². The fourth-order valence-electron chi connectivity index (χ4n) is 4.38. The maximum absolute atomic E-state index is 13.6. The highest BCUT2D eigenvalue weighted by Gasteiger charge is 2.42. The van der Waals surface area contributed by atoms with Crippen LogP contribution in [0, 0.1) is 0 Å². The molecule has 0 bridgehead atoms. The molecule has 166 valence electrons. The average molecular weight is 478 g/mol. The van der Waals surface area contributed by atoms with Crippen LogP contribution in [0.5, 0.6) is 0 Å². The van der Waals surface area contributed by atoms with Gasteiger partial charge in [-0.15, -0.1) is 0 Å². The number of carbonyl (C=O) groups is 1. The topological polar surface area (TPSA) is 50.5 Å². The van der Waals surface area contributed by atoms with Crippen molar-refractivity contribution in [3.63, 3.8) is 0 Å². The Morgan fingerprint density at radius 1 is 0.970 bits per heavy atom. The van der Waals surface area contributed by atoms with Crippen LogP contribution in [0.25, 0.3) is 11.0 Å². The number of hydrogen-bond donors (Lipinski definition) is 0. The molecule has 0 spiro atoms. The van der Waals surface area contributed by atoms with Crippen LogP contribution in [-0.2, 0) is 6.54 Å². The van der Waals surface area contributed by atoms with Crippen LogP contribution < -0.4 is 5.43 Å². The molecule has 1 atom stereocenters. The molecular weight excluding hydrogens is 457 g/mol. The summed E-state index contributed by atoms with van der Waals surface area (Å²) in [6, 6.07) is 19.7. The third kappa shape index (κ3) is 3.73. The van der Waals surface area contributed by atoms with Crippen LogP contribution in [0.3, 0.4) is 0 Å². The van der Waals surface area contributed by atoms with Gasteiger partial charge in [-0.1, -0.05) is 79.5 Å². The van der Waals surface area contributed by atoms with Crippen molar-refractivity contribution in [2.75, 3.05) is 0 Å². The van der Waals surface area contributed by atoms with Crippen LogP contribution in [0.1, 0.15) is 58.6 Å². The van der Waals surface area contributed by atoms with Crippen molar-refractivity contribution in [2.45, 2.75) is 32.4 Å². The van der Waals surface area contributed by atoms with Crippen LogP contribution in [0.4, 0.5) is 0 Å². The van der Waals surface area contributed by atoms with Crippen molar-refractivity contribution in [2.24, 2.45) is 0 Å². The summed E-state index contributed by atoms with van der Waals surface area (Å²) in [6.45, 7) is 4.49. The molecule has 0 N–H and O–H groups in total. The first-order chi connectivity index (χ1) is 15.8. The zero-order valence-corrected chi connectivity index (χ0v) is 19.7. The maximum Gasteiger partial charge on any atom is 0.291 e. The Morgan fingerprint density at radius 2 is 1.70 bits per heavy atom. The summed E-state index contributed by atoms with van der Waals surface area (Å²) in [7, 11) is 0. The number of hydrogen-bond acceptors (Lipinski definition) is 3. The number of carbonyl (C=O) groups excluding carboxylic acids is 1. The van der Waals surface area contributed by atoms with Gasteiger partial charge in [0.15, 0.2) is 5.43 Å². The molecule has 33 heavy (non-hydrogen) atoms. The lowest BCUT2D eigenvalue weighted by Crippen LogP contribution is -2.29. The molecule has 1 aliphatic rings. The minimum absolute atomic E-state index is 0.0693. The second-order valence-corrected chi connectivity index (χ2v) is 9.41. The van der Waals surface area contributed by atoms with Gasteiger partial charge >= 0.3 is 0 Å². The lowest BCUT2D eigenvalue weighted by molar-refractivity contribution is 0.0714. The molecule has 0 fully saturated rings. The second-order valence-electron chi connectivity index (χ2n) is 8.56. The third-order valence-electron chi connectivity index (χ3n) is 6.15. The average Bonchev–Trinajstić information content (AvgIpc) is 3.08. The first-order valence-corrected chi connectivity index (χ1v) is 11.5. The highest BCUT2D eigenvalue weighted by Crippen LogP contribution is 2.40. The summed E-state index contributed by atoms with van der Waals surface area (Å²) in [5, 5.41) is 1.36. The predicted octanol–water partition coefficient (Wildman–Crippen LogP) is 6.97. The molecule has 0 radical (unpaired) electrons. The molecule has 5 rings (SSSR count). The van der Waals surface area contributed by atoms with E-state index in [1.54, 1.807) is 29.2 Å². The van der Waals surface area contributed by atoms with E-state index in [9.17, 15) is 9.59 Å². The number of nitrogens with zero attached hydrogens (tertiary/aromatic N) is 1. The molecule has 6 heteroatoms. The van der Waals surface area contributed by atoms with Crippen molar-refractivity contribution < 1.29 is 9.21 Å². The molecule has 3 aromatic carbocycles. The molecular formula is C27H21Cl2NO3. The molecule has 4 aromatic rings. The zero-order valence-electron chi connectivity index (χ0n) is 18.1. The van der Waals surface area contributed by atoms with Crippen LogP contribution in [0.2, 0.25) is 10.0 Å². The largest absolute Gasteiger partial charge is 0.450 e. The molecule has 0 saturated carbocycles. The fraction of sp³-hybridized carbons (Fsp3) is 0.185. The molecule has 1 unspecified atom stereocenters.